The van der Waals surface area contributed by atoms with Crippen molar-refractivity contribution in [2.24, 2.45) is 0 Å². The van der Waals surface area contributed by atoms with Crippen LogP contribution in [-0.2, 0) is 13.0 Å². The van der Waals surface area contributed by atoms with Gasteiger partial charge in [-0.25, -0.2) is 9.97 Å². The summed E-state index contributed by atoms with van der Waals surface area (Å²) in [7, 11) is 0. The number of furan rings is 1. The Hall–Kier alpha value is -2.20. The third-order valence-corrected chi connectivity index (χ3v) is 3.79. The first-order valence-corrected chi connectivity index (χ1v) is 6.87. The van der Waals surface area contributed by atoms with Gasteiger partial charge in [-0.1, -0.05) is 18.2 Å². The van der Waals surface area contributed by atoms with Crippen LogP contribution in [0.15, 0.2) is 34.7 Å². The maximum atomic E-state index is 5.86. The van der Waals surface area contributed by atoms with Crippen LogP contribution < -0.4 is 5.32 Å². The minimum Gasteiger partial charge on any atom is -0.453 e. The zero-order chi connectivity index (χ0) is 13.5. The van der Waals surface area contributed by atoms with E-state index >= 15 is 0 Å². The predicted octanol–water partition coefficient (Wildman–Crippen LogP) is 2.84. The molecular formula is C16H15N3O. The molecule has 3 aromatic rings. The molecule has 2 aromatic heterocycles. The smallest absolute Gasteiger partial charge is 0.196 e. The predicted molar refractivity (Wildman–Crippen MR) is 77.4 cm³/mol. The molecule has 0 aliphatic carbocycles. The maximum Gasteiger partial charge on any atom is 0.196 e. The fourth-order valence-electron chi connectivity index (χ4n) is 2.71. The van der Waals surface area contributed by atoms with Crippen molar-refractivity contribution in [2.45, 2.75) is 19.9 Å². The van der Waals surface area contributed by atoms with Crippen molar-refractivity contribution in [2.75, 3.05) is 6.54 Å². The Morgan fingerprint density at radius 1 is 1.20 bits per heavy atom. The molecule has 4 rings (SSSR count). The largest absolute Gasteiger partial charge is 0.453 e. The van der Waals surface area contributed by atoms with E-state index in [4.69, 9.17) is 9.40 Å². The van der Waals surface area contributed by atoms with Gasteiger partial charge >= 0.3 is 0 Å². The number of nitrogens with one attached hydrogen (secondary N) is 1. The van der Waals surface area contributed by atoms with Gasteiger partial charge in [0.1, 0.15) is 5.58 Å². The first kappa shape index (κ1) is 11.6. The number of hydrogen-bond donors (Lipinski definition) is 1. The molecule has 0 spiro atoms. The highest BCUT2D eigenvalue weighted by molar-refractivity contribution is 5.81. The molecule has 4 heteroatoms. The second-order valence-corrected chi connectivity index (χ2v) is 5.13. The minimum atomic E-state index is 0.694. The molecule has 4 nitrogen and oxygen atoms in total. The van der Waals surface area contributed by atoms with E-state index in [9.17, 15) is 0 Å². The first-order valence-electron chi connectivity index (χ1n) is 6.87. The molecule has 1 N–H and O–H groups in total. The minimum absolute atomic E-state index is 0.694. The molecular weight excluding hydrogens is 250 g/mol. The number of hydrogen-bond acceptors (Lipinski definition) is 4. The van der Waals surface area contributed by atoms with Crippen LogP contribution in [-0.4, -0.2) is 16.5 Å². The summed E-state index contributed by atoms with van der Waals surface area (Å²) in [5.41, 5.74) is 4.30. The normalized spacial score (nSPS) is 14.4. The third kappa shape index (κ3) is 1.80. The molecule has 0 saturated carbocycles. The van der Waals surface area contributed by atoms with E-state index in [-0.39, 0.29) is 0 Å². The lowest BCUT2D eigenvalue weighted by molar-refractivity contribution is 0.606. The molecule has 0 radical (unpaired) electrons. The highest BCUT2D eigenvalue weighted by atomic mass is 16.3. The van der Waals surface area contributed by atoms with E-state index in [2.05, 4.69) is 10.3 Å². The van der Waals surface area contributed by atoms with Gasteiger partial charge in [0.2, 0.25) is 0 Å². The van der Waals surface area contributed by atoms with Gasteiger partial charge in [0, 0.05) is 36.2 Å². The lowest BCUT2D eigenvalue weighted by Gasteiger charge is -2.18. The van der Waals surface area contributed by atoms with E-state index in [1.54, 1.807) is 0 Å². The molecule has 1 aromatic carbocycles. The standard InChI is InChI=1S/C16H15N3O/c1-10-12-9-17-7-6-13(12)19-16(18-10)15-8-11-4-2-3-5-14(11)20-15/h2-5,8,17H,6-7,9H2,1H3. The summed E-state index contributed by atoms with van der Waals surface area (Å²) in [6.45, 7) is 3.88. The Morgan fingerprint density at radius 3 is 3.00 bits per heavy atom. The molecule has 0 fully saturated rings. The summed E-state index contributed by atoms with van der Waals surface area (Å²) in [4.78, 5) is 9.30. The van der Waals surface area contributed by atoms with Crippen molar-refractivity contribution in [1.82, 2.24) is 15.3 Å². The van der Waals surface area contributed by atoms with Gasteiger partial charge in [-0.3, -0.25) is 0 Å². The van der Waals surface area contributed by atoms with E-state index in [0.717, 1.165) is 47.6 Å². The fraction of sp³-hybridized carbons (Fsp3) is 0.250. The van der Waals surface area contributed by atoms with Crippen molar-refractivity contribution in [1.29, 1.82) is 0 Å². The van der Waals surface area contributed by atoms with Gasteiger partial charge in [-0.15, -0.1) is 0 Å². The van der Waals surface area contributed by atoms with Crippen LogP contribution >= 0.6 is 0 Å². The Morgan fingerprint density at radius 2 is 2.10 bits per heavy atom. The molecule has 3 heterocycles. The molecule has 0 amide bonds. The highest BCUT2D eigenvalue weighted by Gasteiger charge is 2.17. The Bertz CT molecular complexity index is 759. The van der Waals surface area contributed by atoms with Crippen LogP contribution in [0, 0.1) is 6.92 Å². The molecule has 0 saturated heterocycles. The second-order valence-electron chi connectivity index (χ2n) is 5.13. The van der Waals surface area contributed by atoms with Crippen molar-refractivity contribution >= 4 is 11.0 Å². The van der Waals surface area contributed by atoms with Crippen molar-refractivity contribution in [3.63, 3.8) is 0 Å². The zero-order valence-corrected chi connectivity index (χ0v) is 11.3. The fourth-order valence-corrected chi connectivity index (χ4v) is 2.71. The van der Waals surface area contributed by atoms with Gasteiger partial charge in [-0.05, 0) is 19.1 Å². The summed E-state index contributed by atoms with van der Waals surface area (Å²) < 4.78 is 5.86. The van der Waals surface area contributed by atoms with Crippen molar-refractivity contribution in [3.8, 4) is 11.6 Å². The van der Waals surface area contributed by atoms with E-state index < -0.39 is 0 Å². The summed E-state index contributed by atoms with van der Waals surface area (Å²) in [6, 6.07) is 10.00. The van der Waals surface area contributed by atoms with Gasteiger partial charge in [-0.2, -0.15) is 0 Å². The van der Waals surface area contributed by atoms with Crippen LogP contribution in [0.25, 0.3) is 22.6 Å². The summed E-state index contributed by atoms with van der Waals surface area (Å²) >= 11 is 0. The molecule has 0 bridgehead atoms. The second kappa shape index (κ2) is 4.42. The molecule has 20 heavy (non-hydrogen) atoms. The maximum absolute atomic E-state index is 5.86. The van der Waals surface area contributed by atoms with Crippen LogP contribution in [0.4, 0.5) is 0 Å². The van der Waals surface area contributed by atoms with E-state index in [0.29, 0.717) is 5.82 Å². The highest BCUT2D eigenvalue weighted by Crippen LogP contribution is 2.27. The van der Waals surface area contributed by atoms with E-state index in [1.807, 2.05) is 37.3 Å². The molecule has 0 unspecified atom stereocenters. The van der Waals surface area contributed by atoms with Gasteiger partial charge in [0.15, 0.2) is 11.6 Å². The molecule has 1 aliphatic heterocycles. The third-order valence-electron chi connectivity index (χ3n) is 3.79. The zero-order valence-electron chi connectivity index (χ0n) is 11.3. The van der Waals surface area contributed by atoms with Crippen molar-refractivity contribution < 1.29 is 4.42 Å². The van der Waals surface area contributed by atoms with Crippen molar-refractivity contribution in [3.05, 3.63) is 47.3 Å². The van der Waals surface area contributed by atoms with E-state index in [1.165, 1.54) is 5.56 Å². The number of aryl methyl sites for hydroxylation is 1. The lowest BCUT2D eigenvalue weighted by atomic mass is 10.1. The Labute approximate surface area is 116 Å². The Balaban J connectivity index is 1.87. The van der Waals surface area contributed by atoms with Crippen LogP contribution in [0.5, 0.6) is 0 Å². The summed E-state index contributed by atoms with van der Waals surface area (Å²) in [5.74, 6) is 1.44. The molecule has 0 atom stereocenters. The summed E-state index contributed by atoms with van der Waals surface area (Å²) in [5, 5.41) is 4.45. The van der Waals surface area contributed by atoms with Crippen LogP contribution in [0.2, 0.25) is 0 Å². The van der Waals surface area contributed by atoms with Gasteiger partial charge in [0.05, 0.1) is 5.69 Å². The molecule has 1 aliphatic rings. The van der Waals surface area contributed by atoms with Gasteiger partial charge < -0.3 is 9.73 Å². The number of rotatable bonds is 1. The van der Waals surface area contributed by atoms with Crippen LogP contribution in [0.3, 0.4) is 0 Å². The first-order chi connectivity index (χ1) is 9.81. The number of nitrogens with zero attached hydrogens (tertiary/aromatic N) is 2. The Kier molecular flexibility index (Phi) is 2.57. The monoisotopic (exact) mass is 265 g/mol. The molecule has 100 valence electrons. The topological polar surface area (TPSA) is 51.0 Å². The number of para-hydroxylation sites is 1. The number of fused-ring (bicyclic) bond motifs is 2. The number of aromatic nitrogens is 2. The quantitative estimate of drug-likeness (QED) is 0.735. The SMILES string of the molecule is Cc1nc(-c2cc3ccccc3o2)nc2c1CNCC2. The van der Waals surface area contributed by atoms with Gasteiger partial charge in [0.25, 0.3) is 0 Å². The summed E-state index contributed by atoms with van der Waals surface area (Å²) in [6.07, 6.45) is 0.950. The average Bonchev–Trinajstić information content (AvgIpc) is 2.91. The average molecular weight is 265 g/mol. The van der Waals surface area contributed by atoms with Crippen LogP contribution in [0.1, 0.15) is 17.0 Å². The number of benzene rings is 1. The lowest BCUT2D eigenvalue weighted by Crippen LogP contribution is -2.26.